The highest BCUT2D eigenvalue weighted by molar-refractivity contribution is 5.76. The predicted molar refractivity (Wildman–Crippen MR) is 64.1 cm³/mol. The molecule has 4 nitrogen and oxygen atoms in total. The first-order valence-corrected chi connectivity index (χ1v) is 5.99. The third-order valence-corrected chi connectivity index (χ3v) is 3.44. The van der Waals surface area contributed by atoms with Gasteiger partial charge in [-0.05, 0) is 31.2 Å². The molecule has 0 amide bonds. The number of rotatable bonds is 1. The van der Waals surface area contributed by atoms with Crippen LogP contribution in [-0.4, -0.2) is 22.6 Å². The van der Waals surface area contributed by atoms with Crippen molar-refractivity contribution in [1.82, 2.24) is 14.9 Å². The molecule has 0 saturated carbocycles. The fourth-order valence-corrected chi connectivity index (χ4v) is 2.52. The van der Waals surface area contributed by atoms with Gasteiger partial charge in [-0.25, -0.2) is 4.79 Å². The molecule has 0 radical (unpaired) electrons. The van der Waals surface area contributed by atoms with Gasteiger partial charge in [-0.2, -0.15) is 13.2 Å². The largest absolute Gasteiger partial charge is 0.416 e. The standard InChI is InChI=1S/C12H12F3N3O/c13-12(14,15)7-1-2-9-10(5-7)18(11(19)17-9)8-3-4-16-6-8/h1-2,5,8,16H,3-4,6H2,(H,17,19). The van der Waals surface area contributed by atoms with Crippen LogP contribution in [0.1, 0.15) is 18.0 Å². The van der Waals surface area contributed by atoms with Crippen molar-refractivity contribution in [2.45, 2.75) is 18.6 Å². The average Bonchev–Trinajstić information content (AvgIpc) is 2.92. The topological polar surface area (TPSA) is 49.8 Å². The Morgan fingerprint density at radius 1 is 1.32 bits per heavy atom. The minimum Gasteiger partial charge on any atom is -0.315 e. The average molecular weight is 271 g/mol. The monoisotopic (exact) mass is 271 g/mol. The van der Waals surface area contributed by atoms with Crippen LogP contribution in [0, 0.1) is 0 Å². The van der Waals surface area contributed by atoms with Crippen LogP contribution in [0.2, 0.25) is 0 Å². The number of benzene rings is 1. The van der Waals surface area contributed by atoms with Crippen LogP contribution < -0.4 is 11.0 Å². The Balaban J connectivity index is 2.20. The van der Waals surface area contributed by atoms with Crippen LogP contribution in [0.25, 0.3) is 11.0 Å². The van der Waals surface area contributed by atoms with Gasteiger partial charge >= 0.3 is 11.9 Å². The number of alkyl halides is 3. The number of hydrogen-bond acceptors (Lipinski definition) is 2. The molecule has 1 atom stereocenters. The van der Waals surface area contributed by atoms with E-state index in [1.807, 2.05) is 0 Å². The molecule has 0 aliphatic carbocycles. The minimum atomic E-state index is -4.40. The molecule has 2 N–H and O–H groups in total. The second-order valence-corrected chi connectivity index (χ2v) is 4.68. The molecule has 1 aliphatic heterocycles. The van der Waals surface area contributed by atoms with E-state index in [0.29, 0.717) is 17.6 Å². The first-order chi connectivity index (χ1) is 8.97. The molecule has 1 aliphatic rings. The Kier molecular flexibility index (Phi) is 2.67. The Labute approximate surface area is 106 Å². The van der Waals surface area contributed by atoms with E-state index in [-0.39, 0.29) is 11.7 Å². The number of halogens is 3. The number of imidazole rings is 1. The van der Waals surface area contributed by atoms with E-state index in [2.05, 4.69) is 10.3 Å². The molecule has 0 bridgehead atoms. The number of fused-ring (bicyclic) bond motifs is 1. The quantitative estimate of drug-likeness (QED) is 0.832. The van der Waals surface area contributed by atoms with Crippen LogP contribution in [0.3, 0.4) is 0 Å². The van der Waals surface area contributed by atoms with Gasteiger partial charge in [-0.3, -0.25) is 4.57 Å². The third-order valence-electron chi connectivity index (χ3n) is 3.44. The number of hydrogen-bond donors (Lipinski definition) is 2. The summed E-state index contributed by atoms with van der Waals surface area (Å²) in [5.74, 6) is 0. The molecule has 1 unspecified atom stereocenters. The predicted octanol–water partition coefficient (Wildman–Crippen LogP) is 1.88. The van der Waals surface area contributed by atoms with E-state index in [1.54, 1.807) is 0 Å². The molecule has 0 spiro atoms. The molecule has 3 rings (SSSR count). The molecule has 7 heteroatoms. The van der Waals surface area contributed by atoms with Gasteiger partial charge in [-0.15, -0.1) is 0 Å². The lowest BCUT2D eigenvalue weighted by molar-refractivity contribution is -0.137. The summed E-state index contributed by atoms with van der Waals surface area (Å²) < 4.78 is 39.6. The van der Waals surface area contributed by atoms with E-state index in [9.17, 15) is 18.0 Å². The van der Waals surface area contributed by atoms with Gasteiger partial charge in [0.15, 0.2) is 0 Å². The summed E-state index contributed by atoms with van der Waals surface area (Å²) in [7, 11) is 0. The van der Waals surface area contributed by atoms with E-state index < -0.39 is 11.7 Å². The summed E-state index contributed by atoms with van der Waals surface area (Å²) in [4.78, 5) is 14.5. The van der Waals surface area contributed by atoms with Crippen molar-refractivity contribution in [1.29, 1.82) is 0 Å². The van der Waals surface area contributed by atoms with Crippen LogP contribution >= 0.6 is 0 Å². The summed E-state index contributed by atoms with van der Waals surface area (Å²) >= 11 is 0. The Hall–Kier alpha value is -1.76. The number of nitrogens with zero attached hydrogens (tertiary/aromatic N) is 1. The second kappa shape index (κ2) is 4.12. The van der Waals surface area contributed by atoms with Crippen molar-refractivity contribution in [3.8, 4) is 0 Å². The van der Waals surface area contributed by atoms with Gasteiger partial charge in [0, 0.05) is 6.54 Å². The van der Waals surface area contributed by atoms with Crippen molar-refractivity contribution >= 4 is 11.0 Å². The SMILES string of the molecule is O=c1[nH]c2ccc(C(F)(F)F)cc2n1C1CCNC1. The summed E-state index contributed by atoms with van der Waals surface area (Å²) in [5.41, 5.74) is -0.347. The van der Waals surface area contributed by atoms with Gasteiger partial charge in [0.05, 0.1) is 22.6 Å². The zero-order valence-corrected chi connectivity index (χ0v) is 9.92. The molecule has 2 heterocycles. The molecule has 1 aromatic heterocycles. The van der Waals surface area contributed by atoms with Gasteiger partial charge in [0.1, 0.15) is 0 Å². The first-order valence-electron chi connectivity index (χ1n) is 5.99. The van der Waals surface area contributed by atoms with Crippen molar-refractivity contribution in [3.05, 3.63) is 34.2 Å². The maximum absolute atomic E-state index is 12.7. The highest BCUT2D eigenvalue weighted by atomic mass is 19.4. The molecule has 1 saturated heterocycles. The van der Waals surface area contributed by atoms with Crippen LogP contribution in [0.4, 0.5) is 13.2 Å². The van der Waals surface area contributed by atoms with Gasteiger partial charge in [0.25, 0.3) is 0 Å². The molecule has 19 heavy (non-hydrogen) atoms. The maximum atomic E-state index is 12.7. The fourth-order valence-electron chi connectivity index (χ4n) is 2.52. The van der Waals surface area contributed by atoms with Crippen molar-refractivity contribution in [2.75, 3.05) is 13.1 Å². The second-order valence-electron chi connectivity index (χ2n) is 4.68. The normalized spacial score (nSPS) is 20.3. The van der Waals surface area contributed by atoms with Crippen molar-refractivity contribution in [2.24, 2.45) is 0 Å². The zero-order valence-electron chi connectivity index (χ0n) is 9.92. The number of aromatic amines is 1. The van der Waals surface area contributed by atoms with Gasteiger partial charge in [-0.1, -0.05) is 0 Å². The van der Waals surface area contributed by atoms with E-state index in [4.69, 9.17) is 0 Å². The molecule has 1 fully saturated rings. The molecule has 1 aromatic carbocycles. The lowest BCUT2D eigenvalue weighted by atomic mass is 10.1. The maximum Gasteiger partial charge on any atom is 0.416 e. The van der Waals surface area contributed by atoms with E-state index in [0.717, 1.165) is 25.1 Å². The third kappa shape index (κ3) is 2.03. The van der Waals surface area contributed by atoms with Gasteiger partial charge < -0.3 is 10.3 Å². The summed E-state index contributed by atoms with van der Waals surface area (Å²) in [6, 6.07) is 3.23. The lowest BCUT2D eigenvalue weighted by Gasteiger charge is -2.12. The molecule has 102 valence electrons. The molecule has 2 aromatic rings. The van der Waals surface area contributed by atoms with Crippen molar-refractivity contribution in [3.63, 3.8) is 0 Å². The number of nitrogens with one attached hydrogen (secondary N) is 2. The first kappa shape index (κ1) is 12.3. The Bertz CT molecular complexity index is 665. The van der Waals surface area contributed by atoms with E-state index >= 15 is 0 Å². The molecular weight excluding hydrogens is 259 g/mol. The summed E-state index contributed by atoms with van der Waals surface area (Å²) in [6.45, 7) is 1.37. The van der Waals surface area contributed by atoms with Crippen LogP contribution in [0.15, 0.2) is 23.0 Å². The number of H-pyrrole nitrogens is 1. The van der Waals surface area contributed by atoms with Crippen molar-refractivity contribution < 1.29 is 13.2 Å². The Morgan fingerprint density at radius 2 is 2.11 bits per heavy atom. The van der Waals surface area contributed by atoms with E-state index in [1.165, 1.54) is 10.6 Å². The van der Waals surface area contributed by atoms with Crippen LogP contribution in [-0.2, 0) is 6.18 Å². The number of aromatic nitrogens is 2. The molecular formula is C12H12F3N3O. The summed E-state index contributed by atoms with van der Waals surface area (Å²) in [5, 5.41) is 3.10. The zero-order chi connectivity index (χ0) is 13.6. The van der Waals surface area contributed by atoms with Crippen LogP contribution in [0.5, 0.6) is 0 Å². The lowest BCUT2D eigenvalue weighted by Crippen LogP contribution is -2.24. The Morgan fingerprint density at radius 3 is 2.74 bits per heavy atom. The minimum absolute atomic E-state index is 0.0928. The van der Waals surface area contributed by atoms with Gasteiger partial charge in [0.2, 0.25) is 0 Å². The highest BCUT2D eigenvalue weighted by Gasteiger charge is 2.31. The fraction of sp³-hybridized carbons (Fsp3) is 0.417. The highest BCUT2D eigenvalue weighted by Crippen LogP contribution is 2.31. The summed E-state index contributed by atoms with van der Waals surface area (Å²) in [6.07, 6.45) is -3.66. The smallest absolute Gasteiger partial charge is 0.315 e.